The van der Waals surface area contributed by atoms with Crippen molar-refractivity contribution in [3.63, 3.8) is 0 Å². The number of aliphatic carboxylic acids is 1. The van der Waals surface area contributed by atoms with Gasteiger partial charge < -0.3 is 15.3 Å². The minimum absolute atomic E-state index is 0.0886. The standard InChI is InChI=1S/C14H16N2O3/c1-3-10-16(2)12-6-4-11(5-7-12)14(19)15-9-8-13(17)18/h1,4-7H,8-10H2,2H3,(H,15,19)(H,17,18). The third-order valence-electron chi connectivity index (χ3n) is 2.52. The van der Waals surface area contributed by atoms with Crippen LogP contribution >= 0.6 is 0 Å². The molecule has 1 amide bonds. The van der Waals surface area contributed by atoms with Crippen LogP contribution < -0.4 is 10.2 Å². The van der Waals surface area contributed by atoms with Crippen LogP contribution in [0.3, 0.4) is 0 Å². The van der Waals surface area contributed by atoms with E-state index in [0.717, 1.165) is 5.69 Å². The number of nitrogens with zero attached hydrogens (tertiary/aromatic N) is 1. The molecule has 5 heteroatoms. The second-order valence-electron chi connectivity index (χ2n) is 4.01. The molecule has 0 aromatic heterocycles. The Morgan fingerprint density at radius 3 is 2.53 bits per heavy atom. The summed E-state index contributed by atoms with van der Waals surface area (Å²) in [4.78, 5) is 23.9. The molecule has 0 spiro atoms. The highest BCUT2D eigenvalue weighted by Crippen LogP contribution is 2.13. The lowest BCUT2D eigenvalue weighted by Gasteiger charge is -2.16. The van der Waals surface area contributed by atoms with Crippen LogP contribution in [-0.4, -0.2) is 37.1 Å². The zero-order chi connectivity index (χ0) is 14.3. The fraction of sp³-hybridized carbons (Fsp3) is 0.286. The molecule has 0 aliphatic heterocycles. The largest absolute Gasteiger partial charge is 0.481 e. The van der Waals surface area contributed by atoms with Crippen LogP contribution in [0.25, 0.3) is 0 Å². The van der Waals surface area contributed by atoms with Gasteiger partial charge in [0.05, 0.1) is 13.0 Å². The summed E-state index contributed by atoms with van der Waals surface area (Å²) in [6.45, 7) is 0.608. The normalized spacial score (nSPS) is 9.47. The van der Waals surface area contributed by atoms with Gasteiger partial charge in [-0.15, -0.1) is 6.42 Å². The number of rotatable bonds is 6. The van der Waals surface area contributed by atoms with Crippen LogP contribution in [0.5, 0.6) is 0 Å². The van der Waals surface area contributed by atoms with E-state index in [1.54, 1.807) is 24.3 Å². The number of carbonyl (C=O) groups is 2. The molecule has 5 nitrogen and oxygen atoms in total. The first-order valence-electron chi connectivity index (χ1n) is 5.79. The molecule has 1 rings (SSSR count). The summed E-state index contributed by atoms with van der Waals surface area (Å²) in [5.41, 5.74) is 1.41. The van der Waals surface area contributed by atoms with Gasteiger partial charge in [0.2, 0.25) is 0 Å². The minimum Gasteiger partial charge on any atom is -0.481 e. The van der Waals surface area contributed by atoms with Crippen molar-refractivity contribution < 1.29 is 14.7 Å². The Bertz CT molecular complexity index is 488. The molecule has 2 N–H and O–H groups in total. The van der Waals surface area contributed by atoms with E-state index in [-0.39, 0.29) is 18.9 Å². The number of carbonyl (C=O) groups excluding carboxylic acids is 1. The Morgan fingerprint density at radius 1 is 1.37 bits per heavy atom. The van der Waals surface area contributed by atoms with E-state index in [2.05, 4.69) is 11.2 Å². The van der Waals surface area contributed by atoms with Gasteiger partial charge in [-0.1, -0.05) is 5.92 Å². The molecule has 19 heavy (non-hydrogen) atoms. The summed E-state index contributed by atoms with van der Waals surface area (Å²) >= 11 is 0. The molecule has 0 fully saturated rings. The number of terminal acetylenes is 1. The average Bonchev–Trinajstić information content (AvgIpc) is 2.38. The summed E-state index contributed by atoms with van der Waals surface area (Å²) in [5.74, 6) is 1.31. The Balaban J connectivity index is 2.58. The zero-order valence-electron chi connectivity index (χ0n) is 10.7. The van der Waals surface area contributed by atoms with Crippen LogP contribution in [0.4, 0.5) is 5.69 Å². The van der Waals surface area contributed by atoms with Crippen molar-refractivity contribution in [2.75, 3.05) is 25.0 Å². The number of amides is 1. The van der Waals surface area contributed by atoms with Crippen LogP contribution in [0.15, 0.2) is 24.3 Å². The fourth-order valence-electron chi connectivity index (χ4n) is 1.48. The van der Waals surface area contributed by atoms with Crippen molar-refractivity contribution >= 4 is 17.6 Å². The third kappa shape index (κ3) is 4.72. The lowest BCUT2D eigenvalue weighted by molar-refractivity contribution is -0.136. The molecular weight excluding hydrogens is 244 g/mol. The second-order valence-corrected chi connectivity index (χ2v) is 4.01. The van der Waals surface area contributed by atoms with Gasteiger partial charge in [-0.05, 0) is 24.3 Å². The van der Waals surface area contributed by atoms with Crippen molar-refractivity contribution in [2.45, 2.75) is 6.42 Å². The molecule has 0 radical (unpaired) electrons. The molecule has 0 heterocycles. The number of carboxylic acid groups (broad SMARTS) is 1. The van der Waals surface area contributed by atoms with Crippen LogP contribution in [0.1, 0.15) is 16.8 Å². The number of benzene rings is 1. The summed E-state index contributed by atoms with van der Waals surface area (Å²) in [5, 5.41) is 11.0. The van der Waals surface area contributed by atoms with Crippen LogP contribution in [-0.2, 0) is 4.79 Å². The molecule has 0 unspecified atom stereocenters. The summed E-state index contributed by atoms with van der Waals surface area (Å²) in [6, 6.07) is 6.95. The average molecular weight is 260 g/mol. The van der Waals surface area contributed by atoms with E-state index in [0.29, 0.717) is 12.1 Å². The number of carboxylic acids is 1. The van der Waals surface area contributed by atoms with Gasteiger partial charge in [0, 0.05) is 24.8 Å². The molecule has 0 saturated carbocycles. The summed E-state index contributed by atoms with van der Waals surface area (Å²) in [7, 11) is 1.86. The van der Waals surface area contributed by atoms with Gasteiger partial charge in [0.15, 0.2) is 0 Å². The van der Waals surface area contributed by atoms with Gasteiger partial charge in [-0.2, -0.15) is 0 Å². The SMILES string of the molecule is C#CCN(C)c1ccc(C(=O)NCCC(=O)O)cc1. The highest BCUT2D eigenvalue weighted by atomic mass is 16.4. The topological polar surface area (TPSA) is 69.6 Å². The number of hydrogen-bond donors (Lipinski definition) is 2. The predicted molar refractivity (Wildman–Crippen MR) is 73.1 cm³/mol. The monoisotopic (exact) mass is 260 g/mol. The lowest BCUT2D eigenvalue weighted by atomic mass is 10.2. The maximum atomic E-state index is 11.7. The molecule has 0 bridgehead atoms. The number of nitrogens with one attached hydrogen (secondary N) is 1. The highest BCUT2D eigenvalue weighted by molar-refractivity contribution is 5.94. The van der Waals surface area contributed by atoms with Gasteiger partial charge >= 0.3 is 5.97 Å². The summed E-state index contributed by atoms with van der Waals surface area (Å²) < 4.78 is 0. The smallest absolute Gasteiger partial charge is 0.305 e. The Morgan fingerprint density at radius 2 is 2.00 bits per heavy atom. The Hall–Kier alpha value is -2.48. The van der Waals surface area contributed by atoms with Gasteiger partial charge in [0.25, 0.3) is 5.91 Å². The Kier molecular flexibility index (Phi) is 5.42. The third-order valence-corrected chi connectivity index (χ3v) is 2.52. The Labute approximate surface area is 112 Å². The van der Waals surface area contributed by atoms with E-state index in [1.165, 1.54) is 0 Å². The number of anilines is 1. The second kappa shape index (κ2) is 7.07. The summed E-state index contributed by atoms with van der Waals surface area (Å²) in [6.07, 6.45) is 5.13. The van der Waals surface area contributed by atoms with E-state index in [1.807, 2.05) is 11.9 Å². The van der Waals surface area contributed by atoms with E-state index in [9.17, 15) is 9.59 Å². The van der Waals surface area contributed by atoms with Crippen molar-refractivity contribution in [1.82, 2.24) is 5.32 Å². The zero-order valence-corrected chi connectivity index (χ0v) is 10.7. The molecule has 0 saturated heterocycles. The molecule has 0 aliphatic rings. The predicted octanol–water partition coefficient (Wildman–Crippen LogP) is 0.960. The van der Waals surface area contributed by atoms with Crippen molar-refractivity contribution in [1.29, 1.82) is 0 Å². The first kappa shape index (κ1) is 14.6. The van der Waals surface area contributed by atoms with Crippen LogP contribution in [0, 0.1) is 12.3 Å². The van der Waals surface area contributed by atoms with Crippen molar-refractivity contribution in [2.24, 2.45) is 0 Å². The van der Waals surface area contributed by atoms with Crippen LogP contribution in [0.2, 0.25) is 0 Å². The van der Waals surface area contributed by atoms with E-state index >= 15 is 0 Å². The van der Waals surface area contributed by atoms with Crippen molar-refractivity contribution in [3.05, 3.63) is 29.8 Å². The molecule has 1 aromatic rings. The first-order chi connectivity index (χ1) is 9.04. The first-order valence-corrected chi connectivity index (χ1v) is 5.79. The molecule has 1 aromatic carbocycles. The van der Waals surface area contributed by atoms with Gasteiger partial charge in [-0.3, -0.25) is 9.59 Å². The van der Waals surface area contributed by atoms with Gasteiger partial charge in [0.1, 0.15) is 0 Å². The molecule has 0 aliphatic carbocycles. The molecule has 0 atom stereocenters. The minimum atomic E-state index is -0.938. The van der Waals surface area contributed by atoms with E-state index in [4.69, 9.17) is 11.5 Å². The maximum absolute atomic E-state index is 11.7. The van der Waals surface area contributed by atoms with Gasteiger partial charge in [-0.25, -0.2) is 0 Å². The quantitative estimate of drug-likeness (QED) is 0.747. The number of hydrogen-bond acceptors (Lipinski definition) is 3. The van der Waals surface area contributed by atoms with E-state index < -0.39 is 5.97 Å². The molecule has 100 valence electrons. The molecular formula is C14H16N2O3. The lowest BCUT2D eigenvalue weighted by Crippen LogP contribution is -2.26. The fourth-order valence-corrected chi connectivity index (χ4v) is 1.48. The maximum Gasteiger partial charge on any atom is 0.305 e. The van der Waals surface area contributed by atoms with Crippen molar-refractivity contribution in [3.8, 4) is 12.3 Å². The highest BCUT2D eigenvalue weighted by Gasteiger charge is 2.06.